The van der Waals surface area contributed by atoms with Crippen LogP contribution in [0.1, 0.15) is 24.0 Å². The highest BCUT2D eigenvalue weighted by molar-refractivity contribution is 7.89. The second-order valence-corrected chi connectivity index (χ2v) is 8.86. The van der Waals surface area contributed by atoms with E-state index < -0.39 is 16.1 Å². The van der Waals surface area contributed by atoms with Gasteiger partial charge in [0.2, 0.25) is 15.9 Å². The lowest BCUT2D eigenvalue weighted by molar-refractivity contribution is -0.119. The summed E-state index contributed by atoms with van der Waals surface area (Å²) in [6, 6.07) is 11.3. The van der Waals surface area contributed by atoms with Gasteiger partial charge in [-0.15, -0.1) is 0 Å². The standard InChI is InChI=1S/C19H21ClN2O3S/c1-13-5-8-15(9-6-13)26(24,25)22-11-3-4-18(22)19(23)21-17-10-7-14(2)12-16(17)20/h5-10,12,18H,3-4,11H2,1-2H3,(H,21,23)/t18-/m0/s1. The fourth-order valence-electron chi connectivity index (χ4n) is 3.07. The molecule has 1 fully saturated rings. The third-order valence-corrected chi connectivity index (χ3v) is 6.75. The Morgan fingerprint density at radius 3 is 2.42 bits per heavy atom. The Morgan fingerprint density at radius 2 is 1.77 bits per heavy atom. The lowest BCUT2D eigenvalue weighted by Gasteiger charge is -2.23. The highest BCUT2D eigenvalue weighted by atomic mass is 35.5. The van der Waals surface area contributed by atoms with Crippen LogP contribution in [0.3, 0.4) is 0 Å². The average molecular weight is 393 g/mol. The number of sulfonamides is 1. The molecule has 1 atom stereocenters. The Kier molecular flexibility index (Phi) is 5.37. The van der Waals surface area contributed by atoms with E-state index in [2.05, 4.69) is 5.32 Å². The maximum atomic E-state index is 12.9. The van der Waals surface area contributed by atoms with E-state index in [0.717, 1.165) is 11.1 Å². The van der Waals surface area contributed by atoms with E-state index in [1.54, 1.807) is 36.4 Å². The molecule has 1 amide bonds. The van der Waals surface area contributed by atoms with Gasteiger partial charge in [0.15, 0.2) is 0 Å². The van der Waals surface area contributed by atoms with Crippen molar-refractivity contribution in [1.82, 2.24) is 4.31 Å². The zero-order valence-electron chi connectivity index (χ0n) is 14.7. The van der Waals surface area contributed by atoms with Gasteiger partial charge in [-0.05, 0) is 56.5 Å². The first kappa shape index (κ1) is 18.9. The number of halogens is 1. The lowest BCUT2D eigenvalue weighted by Crippen LogP contribution is -2.43. The molecular formula is C19H21ClN2O3S. The highest BCUT2D eigenvalue weighted by Gasteiger charge is 2.39. The summed E-state index contributed by atoms with van der Waals surface area (Å²) in [6.07, 6.45) is 1.13. The average Bonchev–Trinajstić information content (AvgIpc) is 3.08. The molecule has 2 aromatic carbocycles. The largest absolute Gasteiger partial charge is 0.323 e. The molecule has 1 saturated heterocycles. The van der Waals surface area contributed by atoms with Crippen molar-refractivity contribution in [2.24, 2.45) is 0 Å². The van der Waals surface area contributed by atoms with Gasteiger partial charge < -0.3 is 5.32 Å². The van der Waals surface area contributed by atoms with Gasteiger partial charge in [-0.25, -0.2) is 8.42 Å². The second-order valence-electron chi connectivity index (χ2n) is 6.56. The number of carbonyl (C=O) groups is 1. The zero-order valence-corrected chi connectivity index (χ0v) is 16.3. The molecule has 1 heterocycles. The number of hydrogen-bond donors (Lipinski definition) is 1. The zero-order chi connectivity index (χ0) is 18.9. The number of aryl methyl sites for hydroxylation is 2. The number of nitrogens with one attached hydrogen (secondary N) is 1. The third kappa shape index (κ3) is 3.77. The fraction of sp³-hybridized carbons (Fsp3) is 0.316. The summed E-state index contributed by atoms with van der Waals surface area (Å²) in [5.41, 5.74) is 2.45. The summed E-state index contributed by atoms with van der Waals surface area (Å²) < 4.78 is 27.2. The molecule has 7 heteroatoms. The number of nitrogens with zero attached hydrogens (tertiary/aromatic N) is 1. The first-order valence-corrected chi connectivity index (χ1v) is 10.3. The van der Waals surface area contributed by atoms with Crippen molar-refractivity contribution in [1.29, 1.82) is 0 Å². The minimum atomic E-state index is -3.72. The molecule has 0 saturated carbocycles. The maximum Gasteiger partial charge on any atom is 0.243 e. The summed E-state index contributed by atoms with van der Waals surface area (Å²) in [7, 11) is -3.72. The number of rotatable bonds is 4. The van der Waals surface area contributed by atoms with E-state index in [1.807, 2.05) is 19.9 Å². The molecule has 0 radical (unpaired) electrons. The summed E-state index contributed by atoms with van der Waals surface area (Å²) in [4.78, 5) is 12.9. The topological polar surface area (TPSA) is 66.5 Å². The Bertz CT molecular complexity index is 926. The van der Waals surface area contributed by atoms with E-state index in [-0.39, 0.29) is 10.8 Å². The van der Waals surface area contributed by atoms with Gasteiger partial charge >= 0.3 is 0 Å². The summed E-state index contributed by atoms with van der Waals surface area (Å²) in [6.45, 7) is 4.13. The van der Waals surface area contributed by atoms with Crippen LogP contribution in [-0.4, -0.2) is 31.2 Å². The Labute approximate surface area is 159 Å². The van der Waals surface area contributed by atoms with Gasteiger partial charge in [-0.3, -0.25) is 4.79 Å². The van der Waals surface area contributed by atoms with Gasteiger partial charge in [0.05, 0.1) is 15.6 Å². The number of hydrogen-bond acceptors (Lipinski definition) is 3. The molecule has 2 aromatic rings. The first-order chi connectivity index (χ1) is 12.3. The van der Waals surface area contributed by atoms with Crippen molar-refractivity contribution < 1.29 is 13.2 Å². The van der Waals surface area contributed by atoms with Gasteiger partial charge in [0.25, 0.3) is 0 Å². The lowest BCUT2D eigenvalue weighted by atomic mass is 10.2. The van der Waals surface area contributed by atoms with Crippen LogP contribution in [0.5, 0.6) is 0 Å². The van der Waals surface area contributed by atoms with Crippen molar-refractivity contribution in [2.75, 3.05) is 11.9 Å². The monoisotopic (exact) mass is 392 g/mol. The molecule has 26 heavy (non-hydrogen) atoms. The van der Waals surface area contributed by atoms with Crippen molar-refractivity contribution in [3.63, 3.8) is 0 Å². The van der Waals surface area contributed by atoms with Crippen molar-refractivity contribution in [2.45, 2.75) is 37.6 Å². The minimum Gasteiger partial charge on any atom is -0.323 e. The van der Waals surface area contributed by atoms with Gasteiger partial charge in [0.1, 0.15) is 6.04 Å². The molecule has 3 rings (SSSR count). The molecule has 0 spiro atoms. The number of anilines is 1. The Hall–Kier alpha value is -1.89. The van der Waals surface area contributed by atoms with Crippen molar-refractivity contribution >= 4 is 33.2 Å². The Balaban J connectivity index is 1.83. The van der Waals surface area contributed by atoms with E-state index in [9.17, 15) is 13.2 Å². The van der Waals surface area contributed by atoms with Crippen LogP contribution in [0.15, 0.2) is 47.4 Å². The van der Waals surface area contributed by atoms with Crippen LogP contribution >= 0.6 is 11.6 Å². The van der Waals surface area contributed by atoms with E-state index >= 15 is 0 Å². The van der Waals surface area contributed by atoms with Gasteiger partial charge in [0, 0.05) is 6.54 Å². The smallest absolute Gasteiger partial charge is 0.243 e. The van der Waals surface area contributed by atoms with Crippen LogP contribution in [0.25, 0.3) is 0 Å². The van der Waals surface area contributed by atoms with Crippen LogP contribution < -0.4 is 5.32 Å². The molecule has 0 aliphatic carbocycles. The minimum absolute atomic E-state index is 0.205. The normalized spacial score (nSPS) is 18.0. The van der Waals surface area contributed by atoms with E-state index in [0.29, 0.717) is 30.1 Å². The second kappa shape index (κ2) is 7.39. The number of carbonyl (C=O) groups excluding carboxylic acids is 1. The van der Waals surface area contributed by atoms with Gasteiger partial charge in [-0.1, -0.05) is 35.4 Å². The third-order valence-electron chi connectivity index (χ3n) is 4.52. The van der Waals surface area contributed by atoms with Crippen LogP contribution in [-0.2, 0) is 14.8 Å². The number of amides is 1. The quantitative estimate of drug-likeness (QED) is 0.861. The molecule has 138 valence electrons. The van der Waals surface area contributed by atoms with Crippen LogP contribution in [0, 0.1) is 13.8 Å². The SMILES string of the molecule is Cc1ccc(S(=O)(=O)N2CCC[C@H]2C(=O)Nc2ccc(C)cc2Cl)cc1. The molecule has 1 aliphatic rings. The van der Waals surface area contributed by atoms with Crippen molar-refractivity contribution in [3.8, 4) is 0 Å². The molecule has 1 N–H and O–H groups in total. The molecule has 1 aliphatic heterocycles. The summed E-state index contributed by atoms with van der Waals surface area (Å²) in [5.74, 6) is -0.357. The molecule has 5 nitrogen and oxygen atoms in total. The predicted molar refractivity (Wildman–Crippen MR) is 103 cm³/mol. The molecular weight excluding hydrogens is 372 g/mol. The van der Waals surface area contributed by atoms with Crippen LogP contribution in [0.2, 0.25) is 5.02 Å². The van der Waals surface area contributed by atoms with E-state index in [1.165, 1.54) is 4.31 Å². The molecule has 0 unspecified atom stereocenters. The molecule has 0 bridgehead atoms. The predicted octanol–water partition coefficient (Wildman–Crippen LogP) is 3.75. The van der Waals surface area contributed by atoms with Gasteiger partial charge in [-0.2, -0.15) is 4.31 Å². The van der Waals surface area contributed by atoms with Crippen LogP contribution in [0.4, 0.5) is 5.69 Å². The summed E-state index contributed by atoms with van der Waals surface area (Å²) >= 11 is 6.17. The maximum absolute atomic E-state index is 12.9. The first-order valence-electron chi connectivity index (χ1n) is 8.44. The summed E-state index contributed by atoms with van der Waals surface area (Å²) in [5, 5.41) is 3.20. The highest BCUT2D eigenvalue weighted by Crippen LogP contribution is 2.29. The number of benzene rings is 2. The molecule has 0 aromatic heterocycles. The fourth-order valence-corrected chi connectivity index (χ4v) is 5.01. The van der Waals surface area contributed by atoms with E-state index in [4.69, 9.17) is 11.6 Å². The van der Waals surface area contributed by atoms with Crippen molar-refractivity contribution in [3.05, 3.63) is 58.6 Å². The Morgan fingerprint density at radius 1 is 1.12 bits per heavy atom.